The van der Waals surface area contributed by atoms with Crippen molar-refractivity contribution < 1.29 is 19.4 Å². The van der Waals surface area contributed by atoms with Gasteiger partial charge in [0.15, 0.2) is 0 Å². The fourth-order valence-corrected chi connectivity index (χ4v) is 4.64. The van der Waals surface area contributed by atoms with Crippen molar-refractivity contribution in [2.24, 2.45) is 11.3 Å². The molecule has 170 valence electrons. The maximum Gasteiger partial charge on any atom is 0.312 e. The molecular formula is C25H46O4. The van der Waals surface area contributed by atoms with Crippen LogP contribution in [0.1, 0.15) is 130 Å². The van der Waals surface area contributed by atoms with Crippen molar-refractivity contribution in [2.75, 3.05) is 0 Å². The number of carbonyl (C=O) groups excluding carboxylic acids is 1. The van der Waals surface area contributed by atoms with Crippen LogP contribution in [0, 0.1) is 11.3 Å². The van der Waals surface area contributed by atoms with Gasteiger partial charge in [0.25, 0.3) is 0 Å². The van der Waals surface area contributed by atoms with Gasteiger partial charge in [0.2, 0.25) is 0 Å². The van der Waals surface area contributed by atoms with Crippen LogP contribution in [-0.2, 0) is 14.3 Å². The van der Waals surface area contributed by atoms with Crippen LogP contribution in [0.25, 0.3) is 0 Å². The number of hydrogen-bond acceptors (Lipinski definition) is 3. The average Bonchev–Trinajstić information content (AvgIpc) is 2.70. The molecule has 1 saturated carbocycles. The number of carbonyl (C=O) groups is 2. The maximum atomic E-state index is 13.0. The molecular weight excluding hydrogens is 364 g/mol. The Morgan fingerprint density at radius 3 is 2.03 bits per heavy atom. The molecule has 0 heterocycles. The first-order valence-electron chi connectivity index (χ1n) is 12.4. The summed E-state index contributed by atoms with van der Waals surface area (Å²) >= 11 is 0. The molecule has 0 saturated heterocycles. The molecule has 29 heavy (non-hydrogen) atoms. The van der Waals surface area contributed by atoms with E-state index in [1.807, 2.05) is 6.92 Å². The maximum absolute atomic E-state index is 13.0. The lowest BCUT2D eigenvalue weighted by Gasteiger charge is -2.37. The van der Waals surface area contributed by atoms with E-state index in [2.05, 4.69) is 13.8 Å². The molecule has 0 radical (unpaired) electrons. The van der Waals surface area contributed by atoms with Crippen LogP contribution >= 0.6 is 0 Å². The van der Waals surface area contributed by atoms with Crippen molar-refractivity contribution in [1.29, 1.82) is 0 Å². The van der Waals surface area contributed by atoms with Gasteiger partial charge < -0.3 is 9.84 Å². The van der Waals surface area contributed by atoms with Gasteiger partial charge in [-0.2, -0.15) is 0 Å². The molecule has 1 aliphatic carbocycles. The lowest BCUT2D eigenvalue weighted by atomic mass is 9.67. The summed E-state index contributed by atoms with van der Waals surface area (Å²) in [6.07, 6.45) is 18.5. The normalized spacial score (nSPS) is 22.9. The Morgan fingerprint density at radius 2 is 1.45 bits per heavy atom. The van der Waals surface area contributed by atoms with Crippen LogP contribution in [-0.4, -0.2) is 23.1 Å². The first kappa shape index (κ1) is 26.0. The smallest absolute Gasteiger partial charge is 0.312 e. The van der Waals surface area contributed by atoms with Crippen molar-refractivity contribution >= 4 is 11.9 Å². The third kappa shape index (κ3) is 9.53. The van der Waals surface area contributed by atoms with Gasteiger partial charge in [0.05, 0.1) is 11.3 Å². The summed E-state index contributed by atoms with van der Waals surface area (Å²) in [6.45, 7) is 6.21. The standard InChI is InChI=1S/C25H46O4/c1-4-6-8-9-10-11-12-13-14-18-21(17-7-5-2)29-24(28)25(3)20-16-15-19-22(25)23(26)27/h21-22H,4-20H2,1-3H3,(H,26,27). The van der Waals surface area contributed by atoms with E-state index in [-0.39, 0.29) is 12.1 Å². The molecule has 4 heteroatoms. The second kappa shape index (κ2) is 14.8. The van der Waals surface area contributed by atoms with Crippen LogP contribution in [0.2, 0.25) is 0 Å². The molecule has 0 aromatic heterocycles. The molecule has 0 aromatic carbocycles. The molecule has 1 rings (SSSR count). The lowest BCUT2D eigenvalue weighted by Crippen LogP contribution is -2.44. The molecule has 0 amide bonds. The summed E-state index contributed by atoms with van der Waals surface area (Å²) in [7, 11) is 0. The zero-order valence-electron chi connectivity index (χ0n) is 19.3. The molecule has 4 nitrogen and oxygen atoms in total. The predicted molar refractivity (Wildman–Crippen MR) is 119 cm³/mol. The largest absolute Gasteiger partial charge is 0.481 e. The molecule has 0 spiro atoms. The summed E-state index contributed by atoms with van der Waals surface area (Å²) in [6, 6.07) is 0. The minimum atomic E-state index is -0.868. The highest BCUT2D eigenvalue weighted by Gasteiger charge is 2.48. The molecule has 3 atom stereocenters. The molecule has 1 fully saturated rings. The molecule has 1 N–H and O–H groups in total. The summed E-state index contributed by atoms with van der Waals surface area (Å²) in [5, 5.41) is 9.58. The van der Waals surface area contributed by atoms with Crippen molar-refractivity contribution in [3.8, 4) is 0 Å². The number of rotatable bonds is 16. The zero-order chi connectivity index (χ0) is 21.5. The first-order valence-corrected chi connectivity index (χ1v) is 12.4. The van der Waals surface area contributed by atoms with E-state index < -0.39 is 17.3 Å². The van der Waals surface area contributed by atoms with Gasteiger partial charge in [-0.3, -0.25) is 9.59 Å². The molecule has 1 aliphatic rings. The summed E-state index contributed by atoms with van der Waals surface area (Å²) in [5.74, 6) is -1.74. The number of hydrogen-bond donors (Lipinski definition) is 1. The van der Waals surface area contributed by atoms with Crippen LogP contribution in [0.3, 0.4) is 0 Å². The fourth-order valence-electron chi connectivity index (χ4n) is 4.64. The van der Waals surface area contributed by atoms with E-state index in [9.17, 15) is 14.7 Å². The average molecular weight is 411 g/mol. The van der Waals surface area contributed by atoms with Crippen molar-refractivity contribution in [2.45, 2.75) is 136 Å². The van der Waals surface area contributed by atoms with E-state index in [0.717, 1.165) is 44.9 Å². The summed E-state index contributed by atoms with van der Waals surface area (Å²) in [5.41, 5.74) is -0.868. The SMILES string of the molecule is CCCCCCCCCCCC(CCCC)OC(=O)C1(C)CCCCC1C(=O)O. The van der Waals surface area contributed by atoms with Gasteiger partial charge in [-0.1, -0.05) is 90.9 Å². The Balaban J connectivity index is 2.43. The Bertz CT molecular complexity index is 462. The zero-order valence-corrected chi connectivity index (χ0v) is 19.3. The van der Waals surface area contributed by atoms with Gasteiger partial charge >= 0.3 is 11.9 Å². The topological polar surface area (TPSA) is 63.6 Å². The van der Waals surface area contributed by atoms with Crippen molar-refractivity contribution in [3.63, 3.8) is 0 Å². The van der Waals surface area contributed by atoms with E-state index in [4.69, 9.17) is 4.74 Å². The second-order valence-corrected chi connectivity index (χ2v) is 9.34. The van der Waals surface area contributed by atoms with Crippen LogP contribution < -0.4 is 0 Å². The second-order valence-electron chi connectivity index (χ2n) is 9.34. The number of carboxylic acid groups (broad SMARTS) is 1. The minimum absolute atomic E-state index is 0.0554. The number of unbranched alkanes of at least 4 members (excludes halogenated alkanes) is 9. The number of aliphatic carboxylic acids is 1. The van der Waals surface area contributed by atoms with Crippen molar-refractivity contribution in [1.82, 2.24) is 0 Å². The van der Waals surface area contributed by atoms with E-state index >= 15 is 0 Å². The van der Waals surface area contributed by atoms with Crippen molar-refractivity contribution in [3.05, 3.63) is 0 Å². The third-order valence-corrected chi connectivity index (χ3v) is 6.76. The number of ether oxygens (including phenoxy) is 1. The van der Waals surface area contributed by atoms with E-state index in [0.29, 0.717) is 12.8 Å². The quantitative estimate of drug-likeness (QED) is 0.214. The number of carboxylic acids is 1. The molecule has 0 aromatic rings. The van der Waals surface area contributed by atoms with Crippen LogP contribution in [0.15, 0.2) is 0 Å². The highest BCUT2D eigenvalue weighted by Crippen LogP contribution is 2.42. The van der Waals surface area contributed by atoms with Gasteiger partial charge in [-0.25, -0.2) is 0 Å². The summed E-state index contributed by atoms with van der Waals surface area (Å²) < 4.78 is 5.95. The van der Waals surface area contributed by atoms with Gasteiger partial charge in [0.1, 0.15) is 6.10 Å². The Labute approximate surface area is 179 Å². The van der Waals surface area contributed by atoms with Crippen LogP contribution in [0.5, 0.6) is 0 Å². The lowest BCUT2D eigenvalue weighted by molar-refractivity contribution is -0.174. The van der Waals surface area contributed by atoms with Gasteiger partial charge in [0, 0.05) is 0 Å². The fraction of sp³-hybridized carbons (Fsp3) is 0.920. The molecule has 3 unspecified atom stereocenters. The predicted octanol–water partition coefficient (Wildman–Crippen LogP) is 7.29. The highest BCUT2D eigenvalue weighted by molar-refractivity contribution is 5.84. The minimum Gasteiger partial charge on any atom is -0.481 e. The monoisotopic (exact) mass is 410 g/mol. The summed E-state index contributed by atoms with van der Waals surface area (Å²) in [4.78, 5) is 24.7. The molecule has 0 aliphatic heterocycles. The van der Waals surface area contributed by atoms with E-state index in [1.165, 1.54) is 51.4 Å². The Morgan fingerprint density at radius 1 is 0.897 bits per heavy atom. The van der Waals surface area contributed by atoms with Gasteiger partial charge in [-0.05, 0) is 39.0 Å². The third-order valence-electron chi connectivity index (χ3n) is 6.76. The Hall–Kier alpha value is -1.06. The van der Waals surface area contributed by atoms with Gasteiger partial charge in [-0.15, -0.1) is 0 Å². The Kier molecular flexibility index (Phi) is 13.3. The van der Waals surface area contributed by atoms with E-state index in [1.54, 1.807) is 0 Å². The molecule has 0 bridgehead atoms. The highest BCUT2D eigenvalue weighted by atomic mass is 16.5. The first-order chi connectivity index (χ1) is 14.0. The number of esters is 1. The van der Waals surface area contributed by atoms with Crippen LogP contribution in [0.4, 0.5) is 0 Å².